The molecule has 1 aliphatic carbocycles. The zero-order chi connectivity index (χ0) is 27.0. The van der Waals surface area contributed by atoms with Crippen molar-refractivity contribution in [1.29, 1.82) is 0 Å². The lowest BCUT2D eigenvalue weighted by Crippen LogP contribution is -2.58. The number of ether oxygens (including phenoxy) is 1. The van der Waals surface area contributed by atoms with Gasteiger partial charge >= 0.3 is 0 Å². The van der Waals surface area contributed by atoms with E-state index in [-0.39, 0.29) is 35.6 Å². The summed E-state index contributed by atoms with van der Waals surface area (Å²) in [6, 6.07) is 4.49. The van der Waals surface area contributed by atoms with Gasteiger partial charge in [0.2, 0.25) is 11.8 Å². The minimum Gasteiger partial charge on any atom is -0.379 e. The van der Waals surface area contributed by atoms with Gasteiger partial charge in [-0.15, -0.1) is 0 Å². The van der Waals surface area contributed by atoms with Crippen LogP contribution >= 0.6 is 0 Å². The molecule has 208 valence electrons. The number of nitrogens with zero attached hydrogens (tertiary/aromatic N) is 2. The van der Waals surface area contributed by atoms with Gasteiger partial charge in [0.1, 0.15) is 11.9 Å². The molecule has 0 radical (unpaired) electrons. The summed E-state index contributed by atoms with van der Waals surface area (Å²) in [6.45, 7) is 5.13. The van der Waals surface area contributed by atoms with Crippen LogP contribution in [0.15, 0.2) is 24.4 Å². The van der Waals surface area contributed by atoms with Crippen LogP contribution in [0.5, 0.6) is 0 Å². The maximum atomic E-state index is 14.2. The third kappa shape index (κ3) is 4.96. The smallest absolute Gasteiger partial charge is 0.248 e. The van der Waals surface area contributed by atoms with Crippen LogP contribution in [-0.4, -0.2) is 90.2 Å². The van der Waals surface area contributed by atoms with Gasteiger partial charge in [0.15, 0.2) is 0 Å². The number of aromatic nitrogens is 1. The van der Waals surface area contributed by atoms with E-state index in [1.165, 1.54) is 44.2 Å². The van der Waals surface area contributed by atoms with Crippen molar-refractivity contribution in [2.24, 2.45) is 0 Å². The van der Waals surface area contributed by atoms with Crippen molar-refractivity contribution in [1.82, 2.24) is 25.4 Å². The van der Waals surface area contributed by atoms with Gasteiger partial charge in [-0.05, 0) is 63.9 Å². The molecule has 3 fully saturated rings. The van der Waals surface area contributed by atoms with Crippen LogP contribution in [0.1, 0.15) is 63.9 Å². The zero-order valence-corrected chi connectivity index (χ0v) is 23.0. The number of rotatable bonds is 8. The van der Waals surface area contributed by atoms with Gasteiger partial charge < -0.3 is 25.3 Å². The van der Waals surface area contributed by atoms with Gasteiger partial charge in [-0.2, -0.15) is 0 Å². The van der Waals surface area contributed by atoms with Crippen LogP contribution in [0.4, 0.5) is 4.39 Å². The highest BCUT2D eigenvalue weighted by atomic mass is 19.1. The van der Waals surface area contributed by atoms with Crippen LogP contribution in [-0.2, 0) is 14.3 Å². The fraction of sp³-hybridized carbons (Fsp3) is 0.655. The minimum atomic E-state index is -0.775. The molecule has 1 aromatic carbocycles. The number of aromatic amines is 1. The van der Waals surface area contributed by atoms with Gasteiger partial charge in [0.25, 0.3) is 0 Å². The maximum Gasteiger partial charge on any atom is 0.248 e. The number of likely N-dealkylation sites (tertiary alicyclic amines) is 2. The van der Waals surface area contributed by atoms with Gasteiger partial charge in [0.05, 0.1) is 18.2 Å². The molecular formula is C29H42FN5O3. The Morgan fingerprint density at radius 2 is 1.92 bits per heavy atom. The summed E-state index contributed by atoms with van der Waals surface area (Å²) < 4.78 is 19.5. The topological polar surface area (TPSA) is 89.7 Å². The number of likely N-dealkylation sites (N-methyl/N-ethyl adjacent to an activating group) is 1. The Labute approximate surface area is 224 Å². The number of amides is 2. The number of H-pyrrole nitrogens is 1. The molecule has 2 amide bonds. The van der Waals surface area contributed by atoms with E-state index >= 15 is 0 Å². The van der Waals surface area contributed by atoms with E-state index in [2.05, 4.69) is 20.5 Å². The van der Waals surface area contributed by atoms with E-state index in [0.717, 1.165) is 29.4 Å². The highest BCUT2D eigenvalue weighted by Crippen LogP contribution is 2.45. The first-order chi connectivity index (χ1) is 18.3. The Kier molecular flexibility index (Phi) is 8.07. The Hall–Kier alpha value is -2.49. The molecule has 9 heteroatoms. The number of fused-ring (bicyclic) bond motifs is 2. The minimum absolute atomic E-state index is 0.0151. The molecule has 1 aromatic heterocycles. The lowest BCUT2D eigenvalue weighted by atomic mass is 9.91. The van der Waals surface area contributed by atoms with Gasteiger partial charge in [-0.3, -0.25) is 14.5 Å². The van der Waals surface area contributed by atoms with E-state index in [1.807, 2.05) is 24.1 Å². The van der Waals surface area contributed by atoms with Crippen LogP contribution in [0.3, 0.4) is 0 Å². The molecule has 0 unspecified atom stereocenters. The number of nitrogens with one attached hydrogen (secondary N) is 3. The van der Waals surface area contributed by atoms with Gasteiger partial charge in [0, 0.05) is 55.3 Å². The summed E-state index contributed by atoms with van der Waals surface area (Å²) in [6.07, 6.45) is 8.64. The average Bonchev–Trinajstić information content (AvgIpc) is 3.64. The fourth-order valence-electron chi connectivity index (χ4n) is 7.02. The first-order valence-corrected chi connectivity index (χ1v) is 14.2. The Bertz CT molecular complexity index is 1150. The van der Waals surface area contributed by atoms with Crippen molar-refractivity contribution in [2.45, 2.75) is 94.6 Å². The predicted octanol–water partition coefficient (Wildman–Crippen LogP) is 3.14. The van der Waals surface area contributed by atoms with Crippen molar-refractivity contribution < 1.29 is 18.7 Å². The molecule has 2 aromatic rings. The van der Waals surface area contributed by atoms with Crippen molar-refractivity contribution in [2.75, 3.05) is 27.2 Å². The summed E-state index contributed by atoms with van der Waals surface area (Å²) in [7, 11) is 3.29. The number of hydrogen-bond acceptors (Lipinski definition) is 5. The van der Waals surface area contributed by atoms with Crippen molar-refractivity contribution in [3.63, 3.8) is 0 Å². The first-order valence-electron chi connectivity index (χ1n) is 14.2. The second-order valence-corrected chi connectivity index (χ2v) is 11.3. The molecule has 8 nitrogen and oxygen atoms in total. The largest absolute Gasteiger partial charge is 0.379 e. The Morgan fingerprint density at radius 3 is 2.63 bits per heavy atom. The Balaban J connectivity index is 1.48. The number of methoxy groups -OCH3 is 1. The van der Waals surface area contributed by atoms with E-state index < -0.39 is 18.2 Å². The monoisotopic (exact) mass is 527 g/mol. The van der Waals surface area contributed by atoms with Crippen molar-refractivity contribution in [3.8, 4) is 0 Å². The third-order valence-electron chi connectivity index (χ3n) is 9.30. The molecule has 38 heavy (non-hydrogen) atoms. The number of benzene rings is 1. The highest BCUT2D eigenvalue weighted by Gasteiger charge is 2.53. The first kappa shape index (κ1) is 27.1. The molecule has 2 saturated heterocycles. The van der Waals surface area contributed by atoms with E-state index in [4.69, 9.17) is 4.74 Å². The van der Waals surface area contributed by atoms with E-state index in [0.29, 0.717) is 12.6 Å². The van der Waals surface area contributed by atoms with Crippen LogP contribution in [0.2, 0.25) is 0 Å². The second kappa shape index (κ2) is 11.3. The number of hydrogen-bond donors (Lipinski definition) is 3. The molecule has 2 aliphatic heterocycles. The lowest BCUT2D eigenvalue weighted by molar-refractivity contribution is -0.141. The van der Waals surface area contributed by atoms with Crippen molar-refractivity contribution >= 4 is 22.7 Å². The van der Waals surface area contributed by atoms with E-state index in [9.17, 15) is 14.0 Å². The van der Waals surface area contributed by atoms with Crippen LogP contribution in [0, 0.1) is 5.82 Å². The van der Waals surface area contributed by atoms with Crippen LogP contribution in [0.25, 0.3) is 10.9 Å². The second-order valence-electron chi connectivity index (χ2n) is 11.3. The van der Waals surface area contributed by atoms with Crippen LogP contribution < -0.4 is 10.6 Å². The molecule has 6 atom stereocenters. The summed E-state index contributed by atoms with van der Waals surface area (Å²) in [5, 5.41) is 6.91. The molecule has 5 rings (SSSR count). The normalized spacial score (nSPS) is 26.9. The number of carbonyl (C=O) groups is 2. The SMILES string of the molecule is CN[C@@H](C)C(=O)N[C@H](C(=O)N1CC[C@@H]2[C@H]1[C@@H](c1c[nH]c3cc(F)ccc13)CN2C1CCCCC1)[C@@H](C)OC. The molecule has 1 saturated carbocycles. The summed E-state index contributed by atoms with van der Waals surface area (Å²) in [5.41, 5.74) is 1.92. The highest BCUT2D eigenvalue weighted by molar-refractivity contribution is 5.91. The molecular weight excluding hydrogens is 485 g/mol. The molecule has 0 spiro atoms. The number of halogens is 1. The summed E-state index contributed by atoms with van der Waals surface area (Å²) in [5.74, 6) is -0.488. The van der Waals surface area contributed by atoms with Crippen molar-refractivity contribution in [3.05, 3.63) is 35.8 Å². The Morgan fingerprint density at radius 1 is 1.16 bits per heavy atom. The van der Waals surface area contributed by atoms with Gasteiger partial charge in [-0.25, -0.2) is 4.39 Å². The average molecular weight is 528 g/mol. The quantitative estimate of drug-likeness (QED) is 0.491. The summed E-state index contributed by atoms with van der Waals surface area (Å²) >= 11 is 0. The zero-order valence-electron chi connectivity index (χ0n) is 23.0. The maximum absolute atomic E-state index is 14.2. The van der Waals surface area contributed by atoms with Gasteiger partial charge in [-0.1, -0.05) is 19.3 Å². The lowest BCUT2D eigenvalue weighted by Gasteiger charge is -2.35. The third-order valence-corrected chi connectivity index (χ3v) is 9.30. The number of carbonyl (C=O) groups excluding carboxylic acids is 2. The fourth-order valence-corrected chi connectivity index (χ4v) is 7.02. The molecule has 0 bridgehead atoms. The molecule has 3 aliphatic rings. The predicted molar refractivity (Wildman–Crippen MR) is 145 cm³/mol. The standard InChI is InChI=1S/C29H42FN5O3/c1-17(31-3)28(36)33-26(18(2)38-4)29(37)34-13-12-25-27(34)23(16-35(25)20-8-6-5-7-9-20)22-15-32-24-14-19(30)10-11-21(22)24/h10-11,14-15,17-18,20,23,25-27,31-32H,5-9,12-13,16H2,1-4H3,(H,33,36)/t17-,18+,23+,25+,26-,27+/m0/s1. The molecule has 3 N–H and O–H groups in total. The van der Waals surface area contributed by atoms with E-state index in [1.54, 1.807) is 21.1 Å². The summed E-state index contributed by atoms with van der Waals surface area (Å²) in [4.78, 5) is 34.9. The molecule has 3 heterocycles.